The smallest absolute Gasteiger partial charge is 0.191 e. The van der Waals surface area contributed by atoms with E-state index in [1.54, 1.807) is 14.2 Å². The molecule has 2 N–H and O–H groups in total. The van der Waals surface area contributed by atoms with Crippen molar-refractivity contribution in [2.75, 3.05) is 40.4 Å². The molecule has 6 heteroatoms. The number of likely N-dealkylation sites (N-methyl/N-ethyl adjacent to an activating group) is 1. The zero-order chi connectivity index (χ0) is 19.6. The molecule has 0 aliphatic rings. The van der Waals surface area contributed by atoms with E-state index in [0.29, 0.717) is 13.2 Å². The van der Waals surface area contributed by atoms with E-state index in [4.69, 9.17) is 9.47 Å². The van der Waals surface area contributed by atoms with E-state index in [1.165, 1.54) is 0 Å². The van der Waals surface area contributed by atoms with Gasteiger partial charge >= 0.3 is 0 Å². The van der Waals surface area contributed by atoms with Crippen LogP contribution in [0.3, 0.4) is 0 Å². The number of nitrogens with one attached hydrogen (secondary N) is 2. The predicted octanol–water partition coefficient (Wildman–Crippen LogP) is 2.88. The van der Waals surface area contributed by atoms with Gasteiger partial charge in [0.1, 0.15) is 6.61 Å². The number of hydrogen-bond acceptors (Lipinski definition) is 4. The van der Waals surface area contributed by atoms with Gasteiger partial charge in [-0.3, -0.25) is 4.99 Å². The van der Waals surface area contributed by atoms with E-state index in [9.17, 15) is 0 Å². The van der Waals surface area contributed by atoms with Crippen LogP contribution >= 0.6 is 0 Å². The van der Waals surface area contributed by atoms with E-state index in [1.807, 2.05) is 18.2 Å². The van der Waals surface area contributed by atoms with Crippen LogP contribution in [0.5, 0.6) is 11.5 Å². The highest BCUT2D eigenvalue weighted by Crippen LogP contribution is 2.28. The fourth-order valence-corrected chi connectivity index (χ4v) is 2.49. The molecule has 0 aromatic heterocycles. The predicted molar refractivity (Wildman–Crippen MR) is 109 cm³/mol. The molecule has 0 aliphatic carbocycles. The van der Waals surface area contributed by atoms with Crippen molar-refractivity contribution in [2.45, 2.75) is 46.7 Å². The summed E-state index contributed by atoms with van der Waals surface area (Å²) < 4.78 is 11.4. The average molecular weight is 365 g/mol. The maximum atomic E-state index is 5.91. The summed E-state index contributed by atoms with van der Waals surface area (Å²) in [6.45, 7) is 14.9. The Hall–Kier alpha value is -1.95. The second kappa shape index (κ2) is 10.9. The number of nitrogens with zero attached hydrogens (tertiary/aromatic N) is 2. The summed E-state index contributed by atoms with van der Waals surface area (Å²) in [5.74, 6) is 2.30. The Morgan fingerprint density at radius 2 is 1.85 bits per heavy atom. The summed E-state index contributed by atoms with van der Waals surface area (Å²) in [7, 11) is 3.44. The second-order valence-electron chi connectivity index (χ2n) is 7.16. The Labute approximate surface area is 159 Å². The maximum absolute atomic E-state index is 5.91. The summed E-state index contributed by atoms with van der Waals surface area (Å²) in [5.41, 5.74) is 1.07. The maximum Gasteiger partial charge on any atom is 0.191 e. The van der Waals surface area contributed by atoms with Gasteiger partial charge in [-0.2, -0.15) is 0 Å². The van der Waals surface area contributed by atoms with Crippen LogP contribution in [0.15, 0.2) is 23.2 Å². The van der Waals surface area contributed by atoms with Crippen molar-refractivity contribution in [2.24, 2.45) is 4.99 Å². The topological polar surface area (TPSA) is 58.1 Å². The average Bonchev–Trinajstić information content (AvgIpc) is 2.61. The number of rotatable bonds is 9. The Kier molecular flexibility index (Phi) is 9.27. The van der Waals surface area contributed by atoms with Crippen molar-refractivity contribution in [3.63, 3.8) is 0 Å². The molecule has 0 heterocycles. The summed E-state index contributed by atoms with van der Waals surface area (Å²) in [6, 6.07) is 6.02. The van der Waals surface area contributed by atoms with E-state index in [0.717, 1.165) is 42.7 Å². The summed E-state index contributed by atoms with van der Waals surface area (Å²) in [4.78, 5) is 6.59. The molecule has 0 bridgehead atoms. The Balaban J connectivity index is 2.64. The van der Waals surface area contributed by atoms with Crippen LogP contribution in [0.4, 0.5) is 0 Å². The molecule has 0 radical (unpaired) electrons. The van der Waals surface area contributed by atoms with Gasteiger partial charge in [0.15, 0.2) is 17.5 Å². The number of hydrogen-bond donors (Lipinski definition) is 2. The Morgan fingerprint density at radius 1 is 1.15 bits per heavy atom. The normalized spacial score (nSPS) is 12.2. The molecule has 0 saturated heterocycles. The molecule has 0 aliphatic heterocycles. The lowest BCUT2D eigenvalue weighted by Crippen LogP contribution is -2.47. The molecular formula is C20H36N4O2. The molecule has 1 rings (SSSR count). The van der Waals surface area contributed by atoms with Crippen LogP contribution in [0.2, 0.25) is 0 Å². The molecule has 0 unspecified atom stereocenters. The summed E-state index contributed by atoms with van der Waals surface area (Å²) >= 11 is 0. The first kappa shape index (κ1) is 22.1. The lowest BCUT2D eigenvalue weighted by atomic mass is 10.1. The van der Waals surface area contributed by atoms with E-state index < -0.39 is 0 Å². The monoisotopic (exact) mass is 364 g/mol. The van der Waals surface area contributed by atoms with Crippen LogP contribution in [0.1, 0.15) is 40.2 Å². The Morgan fingerprint density at radius 3 is 2.38 bits per heavy atom. The van der Waals surface area contributed by atoms with Crippen molar-refractivity contribution in [1.82, 2.24) is 15.5 Å². The Bertz CT molecular complexity index is 563. The number of guanidine groups is 1. The lowest BCUT2D eigenvalue weighted by molar-refractivity contribution is 0.217. The van der Waals surface area contributed by atoms with Crippen molar-refractivity contribution >= 4 is 5.96 Å². The first-order valence-electron chi connectivity index (χ1n) is 9.33. The molecule has 26 heavy (non-hydrogen) atoms. The zero-order valence-electron chi connectivity index (χ0n) is 17.5. The van der Waals surface area contributed by atoms with Crippen LogP contribution in [0.25, 0.3) is 0 Å². The van der Waals surface area contributed by atoms with Gasteiger partial charge in [-0.25, -0.2) is 0 Å². The van der Waals surface area contributed by atoms with Crippen molar-refractivity contribution < 1.29 is 9.47 Å². The fraction of sp³-hybridized carbons (Fsp3) is 0.650. The highest BCUT2D eigenvalue weighted by Gasteiger charge is 2.12. The van der Waals surface area contributed by atoms with Crippen molar-refractivity contribution in [1.29, 1.82) is 0 Å². The molecule has 0 atom stereocenters. The number of methoxy groups -OCH3 is 1. The van der Waals surface area contributed by atoms with Gasteiger partial charge in [-0.15, -0.1) is 0 Å². The van der Waals surface area contributed by atoms with Gasteiger partial charge < -0.3 is 25.0 Å². The standard InChI is InChI=1S/C20H36N4O2/c1-8-24(9-2)12-13-26-17-11-10-16(14-18(17)25-7)15-22-19(21-6)23-20(3,4)5/h10-11,14H,8-9,12-13,15H2,1-7H3,(H2,21,22,23). The third kappa shape index (κ3) is 7.95. The third-order valence-electron chi connectivity index (χ3n) is 3.96. The molecule has 1 aromatic rings. The van der Waals surface area contributed by atoms with Crippen LogP contribution in [0, 0.1) is 0 Å². The molecule has 0 fully saturated rings. The zero-order valence-corrected chi connectivity index (χ0v) is 17.5. The largest absolute Gasteiger partial charge is 0.493 e. The highest BCUT2D eigenvalue weighted by molar-refractivity contribution is 5.80. The van der Waals surface area contributed by atoms with Gasteiger partial charge in [-0.1, -0.05) is 19.9 Å². The minimum atomic E-state index is -0.0396. The fourth-order valence-electron chi connectivity index (χ4n) is 2.49. The van der Waals surface area contributed by atoms with E-state index in [2.05, 4.69) is 55.1 Å². The van der Waals surface area contributed by atoms with Gasteiger partial charge in [0.2, 0.25) is 0 Å². The van der Waals surface area contributed by atoms with Crippen LogP contribution in [-0.2, 0) is 6.54 Å². The summed E-state index contributed by atoms with van der Waals surface area (Å²) in [6.07, 6.45) is 0. The minimum Gasteiger partial charge on any atom is -0.493 e. The molecule has 0 amide bonds. The summed E-state index contributed by atoms with van der Waals surface area (Å²) in [5, 5.41) is 6.67. The molecule has 1 aromatic carbocycles. The van der Waals surface area contributed by atoms with E-state index in [-0.39, 0.29) is 5.54 Å². The lowest BCUT2D eigenvalue weighted by Gasteiger charge is -2.24. The first-order chi connectivity index (χ1) is 12.3. The number of aliphatic imine (C=N–C) groups is 1. The molecule has 0 spiro atoms. The second-order valence-corrected chi connectivity index (χ2v) is 7.16. The molecule has 6 nitrogen and oxygen atoms in total. The highest BCUT2D eigenvalue weighted by atomic mass is 16.5. The minimum absolute atomic E-state index is 0.0396. The SMILES string of the molecule is CCN(CC)CCOc1ccc(CNC(=NC)NC(C)(C)C)cc1OC. The van der Waals surface area contributed by atoms with E-state index >= 15 is 0 Å². The molecular weight excluding hydrogens is 328 g/mol. The van der Waals surface area contributed by atoms with Crippen molar-refractivity contribution in [3.8, 4) is 11.5 Å². The number of benzene rings is 1. The van der Waals surface area contributed by atoms with Crippen molar-refractivity contribution in [3.05, 3.63) is 23.8 Å². The quantitative estimate of drug-likeness (QED) is 0.521. The van der Waals surface area contributed by atoms with Crippen LogP contribution in [-0.4, -0.2) is 56.8 Å². The van der Waals surface area contributed by atoms with Crippen LogP contribution < -0.4 is 20.1 Å². The third-order valence-corrected chi connectivity index (χ3v) is 3.96. The first-order valence-corrected chi connectivity index (χ1v) is 9.33. The van der Waals surface area contributed by atoms with Gasteiger partial charge in [-0.05, 0) is 51.6 Å². The number of ether oxygens (including phenoxy) is 2. The van der Waals surface area contributed by atoms with Gasteiger partial charge in [0, 0.05) is 25.7 Å². The van der Waals surface area contributed by atoms with Gasteiger partial charge in [0.05, 0.1) is 7.11 Å². The molecule has 148 valence electrons. The van der Waals surface area contributed by atoms with Gasteiger partial charge in [0.25, 0.3) is 0 Å². The molecule has 0 saturated carbocycles.